The van der Waals surface area contributed by atoms with Crippen LogP contribution in [0.2, 0.25) is 0 Å². The highest BCUT2D eigenvalue weighted by Gasteiger charge is 2.28. The first kappa shape index (κ1) is 12.4. The molecule has 0 bridgehead atoms. The third-order valence-corrected chi connectivity index (χ3v) is 3.96. The van der Waals surface area contributed by atoms with Gasteiger partial charge in [0.05, 0.1) is 6.10 Å². The number of ether oxygens (including phenoxy) is 1. The Labute approximate surface area is 100 Å². The fourth-order valence-electron chi connectivity index (χ4n) is 2.77. The Balaban J connectivity index is 1.71. The molecule has 0 aromatic rings. The standard InChI is InChI=1S/C14H27NO/c1-10(2)14-9-13(6-7-16-14)15-11(3)8-12-4-5-12/h10-15H,4-9H2,1-3H3. The van der Waals surface area contributed by atoms with E-state index in [0.717, 1.165) is 12.5 Å². The molecule has 0 aromatic heterocycles. The first-order valence-corrected chi connectivity index (χ1v) is 7.02. The van der Waals surface area contributed by atoms with E-state index in [1.165, 1.54) is 32.1 Å². The van der Waals surface area contributed by atoms with Crippen molar-refractivity contribution in [3.63, 3.8) is 0 Å². The van der Waals surface area contributed by atoms with Crippen LogP contribution in [0, 0.1) is 11.8 Å². The molecule has 1 N–H and O–H groups in total. The summed E-state index contributed by atoms with van der Waals surface area (Å²) in [5.41, 5.74) is 0. The van der Waals surface area contributed by atoms with Crippen LogP contribution < -0.4 is 5.32 Å². The Morgan fingerprint density at radius 1 is 1.19 bits per heavy atom. The van der Waals surface area contributed by atoms with E-state index in [-0.39, 0.29) is 0 Å². The smallest absolute Gasteiger partial charge is 0.0612 e. The van der Waals surface area contributed by atoms with Crippen molar-refractivity contribution in [3.8, 4) is 0 Å². The normalized spacial score (nSPS) is 33.0. The summed E-state index contributed by atoms with van der Waals surface area (Å²) < 4.78 is 5.80. The topological polar surface area (TPSA) is 21.3 Å². The molecule has 2 heteroatoms. The average molecular weight is 225 g/mol. The van der Waals surface area contributed by atoms with Gasteiger partial charge in [0.25, 0.3) is 0 Å². The van der Waals surface area contributed by atoms with E-state index in [2.05, 4.69) is 26.1 Å². The molecule has 0 radical (unpaired) electrons. The lowest BCUT2D eigenvalue weighted by molar-refractivity contribution is -0.0258. The highest BCUT2D eigenvalue weighted by Crippen LogP contribution is 2.33. The van der Waals surface area contributed by atoms with Crippen molar-refractivity contribution in [2.24, 2.45) is 11.8 Å². The summed E-state index contributed by atoms with van der Waals surface area (Å²) in [5, 5.41) is 3.80. The van der Waals surface area contributed by atoms with Crippen molar-refractivity contribution in [2.45, 2.75) is 71.1 Å². The van der Waals surface area contributed by atoms with Crippen LogP contribution in [0.4, 0.5) is 0 Å². The van der Waals surface area contributed by atoms with Crippen LogP contribution in [0.5, 0.6) is 0 Å². The molecule has 2 fully saturated rings. The van der Waals surface area contributed by atoms with Gasteiger partial charge in [-0.1, -0.05) is 26.7 Å². The molecule has 2 nitrogen and oxygen atoms in total. The molecule has 0 spiro atoms. The lowest BCUT2D eigenvalue weighted by atomic mass is 9.94. The van der Waals surface area contributed by atoms with Crippen molar-refractivity contribution in [1.82, 2.24) is 5.32 Å². The zero-order valence-corrected chi connectivity index (χ0v) is 11.0. The summed E-state index contributed by atoms with van der Waals surface area (Å²) in [6.07, 6.45) is 7.18. The van der Waals surface area contributed by atoms with Gasteiger partial charge in [0, 0.05) is 18.7 Å². The summed E-state index contributed by atoms with van der Waals surface area (Å²) in [6.45, 7) is 7.82. The highest BCUT2D eigenvalue weighted by molar-refractivity contribution is 4.83. The summed E-state index contributed by atoms with van der Waals surface area (Å²) in [7, 11) is 0. The van der Waals surface area contributed by atoms with Gasteiger partial charge in [-0.15, -0.1) is 0 Å². The second-order valence-electron chi connectivity index (χ2n) is 6.12. The lowest BCUT2D eigenvalue weighted by Gasteiger charge is -2.34. The van der Waals surface area contributed by atoms with E-state index in [1.807, 2.05) is 0 Å². The Morgan fingerprint density at radius 2 is 1.94 bits per heavy atom. The van der Waals surface area contributed by atoms with Crippen LogP contribution in [0.25, 0.3) is 0 Å². The number of nitrogens with one attached hydrogen (secondary N) is 1. The molecule has 0 aromatic carbocycles. The molecular weight excluding hydrogens is 198 g/mol. The first-order chi connectivity index (χ1) is 7.65. The van der Waals surface area contributed by atoms with Crippen molar-refractivity contribution in [2.75, 3.05) is 6.61 Å². The predicted octanol–water partition coefficient (Wildman–Crippen LogP) is 2.97. The Hall–Kier alpha value is -0.0800. The number of rotatable bonds is 5. The molecular formula is C14H27NO. The van der Waals surface area contributed by atoms with Gasteiger partial charge in [-0.25, -0.2) is 0 Å². The van der Waals surface area contributed by atoms with Gasteiger partial charge in [0.2, 0.25) is 0 Å². The quantitative estimate of drug-likeness (QED) is 0.776. The van der Waals surface area contributed by atoms with E-state index in [9.17, 15) is 0 Å². The minimum Gasteiger partial charge on any atom is -0.378 e. The van der Waals surface area contributed by atoms with Crippen molar-refractivity contribution >= 4 is 0 Å². The van der Waals surface area contributed by atoms with E-state index in [4.69, 9.17) is 4.74 Å². The SMILES string of the molecule is CC(CC1CC1)NC1CCOC(C(C)C)C1. The second-order valence-corrected chi connectivity index (χ2v) is 6.12. The third-order valence-electron chi connectivity index (χ3n) is 3.96. The molecule has 2 rings (SSSR count). The van der Waals surface area contributed by atoms with Crippen LogP contribution in [-0.2, 0) is 4.74 Å². The van der Waals surface area contributed by atoms with Gasteiger partial charge in [-0.3, -0.25) is 0 Å². The molecule has 1 aliphatic heterocycles. The van der Waals surface area contributed by atoms with Gasteiger partial charge in [-0.05, 0) is 38.0 Å². The molecule has 1 heterocycles. The fraction of sp³-hybridized carbons (Fsp3) is 1.00. The minimum absolute atomic E-state index is 0.472. The molecule has 0 amide bonds. The molecule has 2 aliphatic rings. The van der Waals surface area contributed by atoms with Gasteiger partial charge in [-0.2, -0.15) is 0 Å². The molecule has 1 aliphatic carbocycles. The lowest BCUT2D eigenvalue weighted by Crippen LogP contribution is -2.44. The van der Waals surface area contributed by atoms with Gasteiger partial charge in [0.1, 0.15) is 0 Å². The summed E-state index contributed by atoms with van der Waals surface area (Å²) >= 11 is 0. The number of hydrogen-bond donors (Lipinski definition) is 1. The molecule has 16 heavy (non-hydrogen) atoms. The van der Waals surface area contributed by atoms with E-state index in [1.54, 1.807) is 0 Å². The van der Waals surface area contributed by atoms with Gasteiger partial charge in [0.15, 0.2) is 0 Å². The van der Waals surface area contributed by atoms with Crippen LogP contribution >= 0.6 is 0 Å². The maximum Gasteiger partial charge on any atom is 0.0612 e. The first-order valence-electron chi connectivity index (χ1n) is 7.02. The van der Waals surface area contributed by atoms with Crippen molar-refractivity contribution in [1.29, 1.82) is 0 Å². The summed E-state index contributed by atoms with van der Waals surface area (Å²) in [4.78, 5) is 0. The Kier molecular flexibility index (Phi) is 4.26. The van der Waals surface area contributed by atoms with Crippen molar-refractivity contribution < 1.29 is 4.74 Å². The fourth-order valence-corrected chi connectivity index (χ4v) is 2.77. The minimum atomic E-state index is 0.472. The third kappa shape index (κ3) is 3.74. The van der Waals surface area contributed by atoms with Crippen LogP contribution in [-0.4, -0.2) is 24.8 Å². The molecule has 3 unspecified atom stereocenters. The van der Waals surface area contributed by atoms with Gasteiger partial charge < -0.3 is 10.1 Å². The van der Waals surface area contributed by atoms with Crippen LogP contribution in [0.1, 0.15) is 52.9 Å². The van der Waals surface area contributed by atoms with Crippen molar-refractivity contribution in [3.05, 3.63) is 0 Å². The molecule has 3 atom stereocenters. The van der Waals surface area contributed by atoms with E-state index in [0.29, 0.717) is 24.1 Å². The van der Waals surface area contributed by atoms with Crippen LogP contribution in [0.15, 0.2) is 0 Å². The predicted molar refractivity (Wildman–Crippen MR) is 67.5 cm³/mol. The Bertz CT molecular complexity index is 213. The van der Waals surface area contributed by atoms with E-state index < -0.39 is 0 Å². The van der Waals surface area contributed by atoms with Gasteiger partial charge >= 0.3 is 0 Å². The molecule has 1 saturated heterocycles. The second kappa shape index (κ2) is 5.50. The molecule has 1 saturated carbocycles. The maximum atomic E-state index is 5.80. The summed E-state index contributed by atoms with van der Waals surface area (Å²) in [6, 6.07) is 1.39. The monoisotopic (exact) mass is 225 g/mol. The highest BCUT2D eigenvalue weighted by atomic mass is 16.5. The molecule has 94 valence electrons. The largest absolute Gasteiger partial charge is 0.378 e. The van der Waals surface area contributed by atoms with Crippen LogP contribution in [0.3, 0.4) is 0 Å². The zero-order valence-electron chi connectivity index (χ0n) is 11.0. The summed E-state index contributed by atoms with van der Waals surface area (Å²) in [5.74, 6) is 1.69. The Morgan fingerprint density at radius 3 is 2.56 bits per heavy atom. The maximum absolute atomic E-state index is 5.80. The van der Waals surface area contributed by atoms with E-state index >= 15 is 0 Å². The number of hydrogen-bond acceptors (Lipinski definition) is 2. The zero-order chi connectivity index (χ0) is 11.5. The average Bonchev–Trinajstić information content (AvgIpc) is 3.01.